The highest BCUT2D eigenvalue weighted by Crippen LogP contribution is 2.21. The molecule has 4 nitrogen and oxygen atoms in total. The molecule has 0 amide bonds. The number of nitrogens with one attached hydrogen (secondary N) is 1. The fourth-order valence-corrected chi connectivity index (χ4v) is 3.50. The normalized spacial score (nSPS) is 15.6. The fraction of sp³-hybridized carbons (Fsp3) is 0.300. The molecule has 1 N–H and O–H groups in total. The first-order valence-corrected chi connectivity index (χ1v) is 8.68. The van der Waals surface area contributed by atoms with Gasteiger partial charge in [-0.05, 0) is 49.7 Å². The Morgan fingerprint density at radius 3 is 2.44 bits per heavy atom. The van der Waals surface area contributed by atoms with Gasteiger partial charge in [0.15, 0.2) is 0 Å². The van der Waals surface area contributed by atoms with Crippen LogP contribution in [-0.2, 0) is 6.42 Å². The van der Waals surface area contributed by atoms with Crippen LogP contribution in [0.3, 0.4) is 0 Å². The maximum atomic E-state index is 13.2. The molecule has 25 heavy (non-hydrogen) atoms. The van der Waals surface area contributed by atoms with E-state index in [0.29, 0.717) is 11.8 Å². The Morgan fingerprint density at radius 1 is 1.04 bits per heavy atom. The predicted octanol–water partition coefficient (Wildman–Crippen LogP) is 3.05. The number of hydrogen-bond donors (Lipinski definition) is 1. The van der Waals surface area contributed by atoms with Crippen LogP contribution in [0.15, 0.2) is 53.3 Å². The minimum absolute atomic E-state index is 0.0228. The van der Waals surface area contributed by atoms with Crippen molar-refractivity contribution in [3.63, 3.8) is 0 Å². The lowest BCUT2D eigenvalue weighted by Gasteiger charge is -2.24. The standard InChI is InChI=1S/C20H20FN3O/c21-15-7-5-14(6-8-15)13-19-17-3-1-2-4-18(17)20(25)24(23-19)16-9-11-22-12-10-16/h1-8,16,22H,9-13H2. The van der Waals surface area contributed by atoms with Gasteiger partial charge in [0.2, 0.25) is 0 Å². The van der Waals surface area contributed by atoms with Gasteiger partial charge in [-0.3, -0.25) is 4.79 Å². The smallest absolute Gasteiger partial charge is 0.274 e. The fourth-order valence-electron chi connectivity index (χ4n) is 3.50. The third-order valence-corrected chi connectivity index (χ3v) is 4.84. The zero-order valence-corrected chi connectivity index (χ0v) is 13.9. The highest BCUT2D eigenvalue weighted by Gasteiger charge is 2.20. The van der Waals surface area contributed by atoms with Gasteiger partial charge in [-0.1, -0.05) is 30.3 Å². The number of piperidine rings is 1. The molecule has 1 fully saturated rings. The third kappa shape index (κ3) is 3.20. The molecule has 0 unspecified atom stereocenters. The number of rotatable bonds is 3. The second-order valence-corrected chi connectivity index (χ2v) is 6.53. The zero-order valence-electron chi connectivity index (χ0n) is 13.9. The SMILES string of the molecule is O=c1c2ccccc2c(Cc2ccc(F)cc2)nn1C1CCNCC1. The summed E-state index contributed by atoms with van der Waals surface area (Å²) in [5.74, 6) is -0.249. The summed E-state index contributed by atoms with van der Waals surface area (Å²) in [5, 5.41) is 9.63. The monoisotopic (exact) mass is 337 g/mol. The van der Waals surface area contributed by atoms with Gasteiger partial charge in [-0.15, -0.1) is 0 Å². The van der Waals surface area contributed by atoms with Crippen molar-refractivity contribution in [1.82, 2.24) is 15.1 Å². The molecule has 1 aromatic heterocycles. The Kier molecular flexibility index (Phi) is 4.32. The first-order valence-electron chi connectivity index (χ1n) is 8.68. The summed E-state index contributed by atoms with van der Waals surface area (Å²) in [6.07, 6.45) is 2.38. The lowest BCUT2D eigenvalue weighted by Crippen LogP contribution is -2.36. The first kappa shape index (κ1) is 16.0. The molecule has 1 saturated heterocycles. The molecule has 0 bridgehead atoms. The van der Waals surface area contributed by atoms with Gasteiger partial charge in [-0.25, -0.2) is 9.07 Å². The summed E-state index contributed by atoms with van der Waals surface area (Å²) >= 11 is 0. The molecule has 128 valence electrons. The van der Waals surface area contributed by atoms with Crippen molar-refractivity contribution in [3.05, 3.63) is 76.0 Å². The van der Waals surface area contributed by atoms with E-state index in [2.05, 4.69) is 5.32 Å². The molecule has 4 rings (SSSR count). The number of aromatic nitrogens is 2. The van der Waals surface area contributed by atoms with E-state index in [9.17, 15) is 9.18 Å². The van der Waals surface area contributed by atoms with Crippen LogP contribution in [0.1, 0.15) is 30.1 Å². The van der Waals surface area contributed by atoms with Crippen molar-refractivity contribution in [3.8, 4) is 0 Å². The minimum atomic E-state index is -0.249. The highest BCUT2D eigenvalue weighted by molar-refractivity contribution is 5.83. The van der Waals surface area contributed by atoms with E-state index < -0.39 is 0 Å². The molecule has 1 aliphatic heterocycles. The van der Waals surface area contributed by atoms with Crippen molar-refractivity contribution in [2.75, 3.05) is 13.1 Å². The molecule has 5 heteroatoms. The minimum Gasteiger partial charge on any atom is -0.317 e. The summed E-state index contributed by atoms with van der Waals surface area (Å²) in [7, 11) is 0. The van der Waals surface area contributed by atoms with E-state index in [1.165, 1.54) is 12.1 Å². The Labute approximate surface area is 145 Å². The molecule has 3 aromatic rings. The number of benzene rings is 2. The van der Waals surface area contributed by atoms with Gasteiger partial charge in [0, 0.05) is 11.8 Å². The van der Waals surface area contributed by atoms with Crippen LogP contribution in [0.5, 0.6) is 0 Å². The number of hydrogen-bond acceptors (Lipinski definition) is 3. The van der Waals surface area contributed by atoms with E-state index in [1.54, 1.807) is 16.8 Å². The number of fused-ring (bicyclic) bond motifs is 1. The molecule has 0 saturated carbocycles. The number of halogens is 1. The van der Waals surface area contributed by atoms with Gasteiger partial charge in [0.05, 0.1) is 17.1 Å². The summed E-state index contributed by atoms with van der Waals surface area (Å²) < 4.78 is 14.8. The summed E-state index contributed by atoms with van der Waals surface area (Å²) in [6.45, 7) is 1.80. The second kappa shape index (κ2) is 6.76. The van der Waals surface area contributed by atoms with Crippen molar-refractivity contribution >= 4 is 10.8 Å². The predicted molar refractivity (Wildman–Crippen MR) is 96.3 cm³/mol. The average Bonchev–Trinajstić information content (AvgIpc) is 2.66. The van der Waals surface area contributed by atoms with Crippen LogP contribution in [0.25, 0.3) is 10.8 Å². The molecular weight excluding hydrogens is 317 g/mol. The van der Waals surface area contributed by atoms with Crippen molar-refractivity contribution in [2.24, 2.45) is 0 Å². The van der Waals surface area contributed by atoms with Gasteiger partial charge in [0.25, 0.3) is 5.56 Å². The molecule has 2 heterocycles. The van der Waals surface area contributed by atoms with Crippen molar-refractivity contribution in [2.45, 2.75) is 25.3 Å². The lowest BCUT2D eigenvalue weighted by molar-refractivity contribution is 0.331. The Hall–Kier alpha value is -2.53. The van der Waals surface area contributed by atoms with Crippen LogP contribution < -0.4 is 10.9 Å². The van der Waals surface area contributed by atoms with Crippen LogP contribution in [0.2, 0.25) is 0 Å². The summed E-state index contributed by atoms with van der Waals surface area (Å²) in [5.41, 5.74) is 1.82. The zero-order chi connectivity index (χ0) is 17.2. The molecular formula is C20H20FN3O. The summed E-state index contributed by atoms with van der Waals surface area (Å²) in [6, 6.07) is 14.2. The molecule has 0 aliphatic carbocycles. The van der Waals surface area contributed by atoms with Gasteiger partial charge >= 0.3 is 0 Å². The first-order chi connectivity index (χ1) is 12.2. The average molecular weight is 337 g/mol. The van der Waals surface area contributed by atoms with E-state index in [-0.39, 0.29) is 17.4 Å². The lowest BCUT2D eigenvalue weighted by atomic mass is 10.0. The number of nitrogens with zero attached hydrogens (tertiary/aromatic N) is 2. The molecule has 1 aliphatic rings. The molecule has 0 radical (unpaired) electrons. The van der Waals surface area contributed by atoms with Crippen LogP contribution in [0.4, 0.5) is 4.39 Å². The molecule has 0 spiro atoms. The quantitative estimate of drug-likeness (QED) is 0.799. The second-order valence-electron chi connectivity index (χ2n) is 6.53. The maximum absolute atomic E-state index is 13.2. The Morgan fingerprint density at radius 2 is 1.72 bits per heavy atom. The topological polar surface area (TPSA) is 46.9 Å². The van der Waals surface area contributed by atoms with Crippen LogP contribution in [-0.4, -0.2) is 22.9 Å². The molecule has 2 aromatic carbocycles. The van der Waals surface area contributed by atoms with Crippen molar-refractivity contribution in [1.29, 1.82) is 0 Å². The van der Waals surface area contributed by atoms with Gasteiger partial charge in [0.1, 0.15) is 5.82 Å². The van der Waals surface area contributed by atoms with E-state index in [1.807, 2.05) is 24.3 Å². The Balaban J connectivity index is 1.82. The van der Waals surface area contributed by atoms with Crippen molar-refractivity contribution < 1.29 is 4.39 Å². The van der Waals surface area contributed by atoms with E-state index in [0.717, 1.165) is 42.6 Å². The maximum Gasteiger partial charge on any atom is 0.274 e. The Bertz CT molecular complexity index is 943. The molecule has 0 atom stereocenters. The van der Waals surface area contributed by atoms with E-state index in [4.69, 9.17) is 5.10 Å². The van der Waals surface area contributed by atoms with Crippen LogP contribution >= 0.6 is 0 Å². The summed E-state index contributed by atoms with van der Waals surface area (Å²) in [4.78, 5) is 12.9. The van der Waals surface area contributed by atoms with Crippen LogP contribution in [0, 0.1) is 5.82 Å². The highest BCUT2D eigenvalue weighted by atomic mass is 19.1. The van der Waals surface area contributed by atoms with Gasteiger partial charge in [-0.2, -0.15) is 5.10 Å². The van der Waals surface area contributed by atoms with Gasteiger partial charge < -0.3 is 5.32 Å². The third-order valence-electron chi connectivity index (χ3n) is 4.84. The van der Waals surface area contributed by atoms with E-state index >= 15 is 0 Å². The largest absolute Gasteiger partial charge is 0.317 e.